The SMILES string of the molecule is Cc1cc2nc3c(=O)n(C)c(=O)nc-3n(CC[N+](C)(C)C)c2cc1C. The molecule has 0 aromatic heterocycles. The highest BCUT2D eigenvalue weighted by Crippen LogP contribution is 2.23. The second-order valence-corrected chi connectivity index (χ2v) is 7.63. The van der Waals surface area contributed by atoms with Crippen LogP contribution >= 0.6 is 0 Å². The molecule has 0 amide bonds. The van der Waals surface area contributed by atoms with E-state index in [1.807, 2.05) is 24.5 Å². The van der Waals surface area contributed by atoms with Crippen LogP contribution in [0.1, 0.15) is 11.1 Å². The number of hydrogen-bond acceptors (Lipinski definition) is 4. The lowest BCUT2D eigenvalue weighted by Crippen LogP contribution is -2.39. The molecule has 2 heterocycles. The second-order valence-electron chi connectivity index (χ2n) is 7.63. The zero-order valence-corrected chi connectivity index (χ0v) is 15.6. The predicted molar refractivity (Wildman–Crippen MR) is 98.0 cm³/mol. The summed E-state index contributed by atoms with van der Waals surface area (Å²) in [6.45, 7) is 5.53. The van der Waals surface area contributed by atoms with Crippen molar-refractivity contribution in [2.75, 3.05) is 27.7 Å². The number of hydrogen-bond donors (Lipinski definition) is 0. The van der Waals surface area contributed by atoms with Gasteiger partial charge in [0.2, 0.25) is 0 Å². The standard InChI is InChI=1S/C18H24N5O2/c1-11-9-13-14(10-12(11)2)22(7-8-23(4,5)6)16-15(19-13)17(24)21(3)18(25)20-16/h9-10H,7-8H2,1-6H3/q+1. The molecule has 2 aliphatic heterocycles. The van der Waals surface area contributed by atoms with Gasteiger partial charge in [-0.3, -0.25) is 9.36 Å². The van der Waals surface area contributed by atoms with Crippen LogP contribution in [0.2, 0.25) is 0 Å². The van der Waals surface area contributed by atoms with Crippen molar-refractivity contribution in [3.8, 4) is 11.5 Å². The first-order valence-corrected chi connectivity index (χ1v) is 8.27. The number of quaternary nitrogens is 1. The van der Waals surface area contributed by atoms with E-state index in [0.717, 1.165) is 37.8 Å². The van der Waals surface area contributed by atoms with Gasteiger partial charge in [0.1, 0.15) is 0 Å². The second kappa shape index (κ2) is 5.77. The minimum Gasteiger partial charge on any atom is -0.329 e. The largest absolute Gasteiger partial charge is 0.352 e. The summed E-state index contributed by atoms with van der Waals surface area (Å²) in [5.74, 6) is 0.359. The van der Waals surface area contributed by atoms with Crippen LogP contribution in [-0.4, -0.2) is 51.3 Å². The van der Waals surface area contributed by atoms with Gasteiger partial charge in [0, 0.05) is 7.05 Å². The van der Waals surface area contributed by atoms with E-state index in [2.05, 4.69) is 37.2 Å². The fourth-order valence-corrected chi connectivity index (χ4v) is 2.80. The molecule has 0 atom stereocenters. The average Bonchev–Trinajstić information content (AvgIpc) is 2.51. The Hall–Kier alpha value is -2.54. The van der Waals surface area contributed by atoms with Crippen LogP contribution < -0.4 is 11.2 Å². The number of aryl methyl sites for hydroxylation is 2. The Morgan fingerprint density at radius 1 is 1.04 bits per heavy atom. The highest BCUT2D eigenvalue weighted by molar-refractivity contribution is 5.81. The summed E-state index contributed by atoms with van der Waals surface area (Å²) in [6.07, 6.45) is 0. The number of benzene rings is 1. The zero-order valence-electron chi connectivity index (χ0n) is 15.6. The summed E-state index contributed by atoms with van der Waals surface area (Å²) in [5.41, 5.74) is 3.16. The number of fused-ring (bicyclic) bond motifs is 2. The minimum absolute atomic E-state index is 0.235. The van der Waals surface area contributed by atoms with E-state index < -0.39 is 11.2 Å². The molecule has 25 heavy (non-hydrogen) atoms. The Bertz CT molecular complexity index is 1060. The van der Waals surface area contributed by atoms with E-state index in [-0.39, 0.29) is 5.69 Å². The molecule has 0 saturated carbocycles. The Morgan fingerprint density at radius 2 is 1.68 bits per heavy atom. The van der Waals surface area contributed by atoms with Crippen molar-refractivity contribution in [2.24, 2.45) is 7.05 Å². The van der Waals surface area contributed by atoms with Crippen molar-refractivity contribution in [1.82, 2.24) is 19.1 Å². The Kier molecular flexibility index (Phi) is 3.99. The number of aromatic nitrogens is 4. The van der Waals surface area contributed by atoms with Crippen LogP contribution in [0.15, 0.2) is 21.7 Å². The smallest absolute Gasteiger partial charge is 0.329 e. The van der Waals surface area contributed by atoms with Crippen molar-refractivity contribution in [3.63, 3.8) is 0 Å². The molecule has 132 valence electrons. The Balaban J connectivity index is 2.42. The lowest BCUT2D eigenvalue weighted by Gasteiger charge is -2.26. The summed E-state index contributed by atoms with van der Waals surface area (Å²) in [5, 5.41) is 0. The molecule has 1 aromatic carbocycles. The highest BCUT2D eigenvalue weighted by Gasteiger charge is 2.22. The molecular formula is C18H24N5O2+. The van der Waals surface area contributed by atoms with Gasteiger partial charge < -0.3 is 9.05 Å². The van der Waals surface area contributed by atoms with Gasteiger partial charge in [0.25, 0.3) is 5.56 Å². The van der Waals surface area contributed by atoms with Crippen LogP contribution in [0.25, 0.3) is 22.6 Å². The zero-order chi connectivity index (χ0) is 18.5. The molecule has 0 spiro atoms. The van der Waals surface area contributed by atoms with Crippen LogP contribution in [0.3, 0.4) is 0 Å². The van der Waals surface area contributed by atoms with Gasteiger partial charge in [-0.2, -0.15) is 4.98 Å². The average molecular weight is 342 g/mol. The molecule has 0 unspecified atom stereocenters. The monoisotopic (exact) mass is 342 g/mol. The molecule has 1 aromatic rings. The van der Waals surface area contributed by atoms with Gasteiger partial charge in [-0.1, -0.05) is 0 Å². The highest BCUT2D eigenvalue weighted by atomic mass is 16.2. The molecule has 0 N–H and O–H groups in total. The third kappa shape index (κ3) is 3.07. The van der Waals surface area contributed by atoms with Crippen LogP contribution in [0.4, 0.5) is 0 Å². The maximum Gasteiger partial charge on any atom is 0.352 e. The molecule has 2 aliphatic rings. The predicted octanol–water partition coefficient (Wildman–Crippen LogP) is 0.918. The van der Waals surface area contributed by atoms with Gasteiger partial charge >= 0.3 is 5.69 Å². The molecule has 0 saturated heterocycles. The molecule has 0 aliphatic carbocycles. The van der Waals surface area contributed by atoms with Crippen molar-refractivity contribution in [3.05, 3.63) is 44.1 Å². The summed E-state index contributed by atoms with van der Waals surface area (Å²) in [7, 11) is 7.74. The van der Waals surface area contributed by atoms with Gasteiger partial charge in [-0.05, 0) is 37.1 Å². The molecule has 0 bridgehead atoms. The Labute approximate surface area is 146 Å². The van der Waals surface area contributed by atoms with Crippen molar-refractivity contribution >= 4 is 11.0 Å². The lowest BCUT2D eigenvalue weighted by molar-refractivity contribution is -0.870. The third-order valence-corrected chi connectivity index (χ3v) is 4.57. The first-order valence-electron chi connectivity index (χ1n) is 8.27. The van der Waals surface area contributed by atoms with E-state index in [0.29, 0.717) is 12.4 Å². The van der Waals surface area contributed by atoms with E-state index in [9.17, 15) is 9.59 Å². The number of nitrogens with zero attached hydrogens (tertiary/aromatic N) is 5. The molecular weight excluding hydrogens is 318 g/mol. The van der Waals surface area contributed by atoms with E-state index >= 15 is 0 Å². The first-order chi connectivity index (χ1) is 11.6. The molecule has 7 nitrogen and oxygen atoms in total. The molecule has 7 heteroatoms. The normalized spacial score (nSPS) is 12.2. The molecule has 3 rings (SSSR count). The van der Waals surface area contributed by atoms with Crippen molar-refractivity contribution in [2.45, 2.75) is 20.4 Å². The Morgan fingerprint density at radius 3 is 2.32 bits per heavy atom. The minimum atomic E-state index is -0.554. The van der Waals surface area contributed by atoms with E-state index in [1.54, 1.807) is 0 Å². The van der Waals surface area contributed by atoms with Gasteiger partial charge in [-0.15, -0.1) is 0 Å². The van der Waals surface area contributed by atoms with Crippen molar-refractivity contribution < 1.29 is 4.48 Å². The van der Waals surface area contributed by atoms with Gasteiger partial charge in [0.05, 0.1) is 45.3 Å². The van der Waals surface area contributed by atoms with Crippen LogP contribution in [-0.2, 0) is 13.6 Å². The van der Waals surface area contributed by atoms with E-state index in [1.165, 1.54) is 7.05 Å². The number of rotatable bonds is 3. The summed E-state index contributed by atoms with van der Waals surface area (Å²) >= 11 is 0. The van der Waals surface area contributed by atoms with Crippen molar-refractivity contribution in [1.29, 1.82) is 0 Å². The quantitative estimate of drug-likeness (QED) is 0.524. The molecule has 0 fully saturated rings. The summed E-state index contributed by atoms with van der Waals surface area (Å²) in [4.78, 5) is 33.3. The first kappa shape index (κ1) is 17.3. The maximum atomic E-state index is 12.5. The maximum absolute atomic E-state index is 12.5. The topological polar surface area (TPSA) is 69.8 Å². The number of likely N-dealkylation sites (N-methyl/N-ethyl adjacent to an activating group) is 1. The van der Waals surface area contributed by atoms with Crippen LogP contribution in [0.5, 0.6) is 0 Å². The summed E-state index contributed by atoms with van der Waals surface area (Å²) in [6, 6.07) is 4.04. The fraction of sp³-hybridized carbons (Fsp3) is 0.444. The van der Waals surface area contributed by atoms with Crippen LogP contribution in [0, 0.1) is 13.8 Å². The third-order valence-electron chi connectivity index (χ3n) is 4.57. The summed E-state index contributed by atoms with van der Waals surface area (Å²) < 4.78 is 3.72. The van der Waals surface area contributed by atoms with E-state index in [4.69, 9.17) is 0 Å². The lowest BCUT2D eigenvalue weighted by atomic mass is 10.1. The molecule has 0 radical (unpaired) electrons. The van der Waals surface area contributed by atoms with Gasteiger partial charge in [0.15, 0.2) is 11.5 Å². The fourth-order valence-electron chi connectivity index (χ4n) is 2.80. The van der Waals surface area contributed by atoms with Gasteiger partial charge in [-0.25, -0.2) is 9.78 Å².